The molecule has 0 aromatic rings. The van der Waals surface area contributed by atoms with E-state index < -0.39 is 6.10 Å². The smallest absolute Gasteiger partial charge is 0.306 e. The first-order valence-electron chi connectivity index (χ1n) is 26.9. The summed E-state index contributed by atoms with van der Waals surface area (Å²) in [6.07, 6.45) is 50.9. The van der Waals surface area contributed by atoms with Crippen molar-refractivity contribution in [3.8, 4) is 0 Å². The molecule has 0 amide bonds. The van der Waals surface area contributed by atoms with Gasteiger partial charge in [0.2, 0.25) is 0 Å². The molecule has 0 aliphatic rings. The predicted molar refractivity (Wildman–Crippen MR) is 257 cm³/mol. The molecule has 0 heterocycles. The summed E-state index contributed by atoms with van der Waals surface area (Å²) in [5.74, 6) is -0.0170. The van der Waals surface area contributed by atoms with E-state index in [2.05, 4.69) is 27.7 Å². The van der Waals surface area contributed by atoms with Gasteiger partial charge in [-0.15, -0.1) is 0 Å². The minimum absolute atomic E-state index is 0.0626. The maximum Gasteiger partial charge on any atom is 0.306 e. The van der Waals surface area contributed by atoms with E-state index in [0.29, 0.717) is 19.3 Å². The number of rotatable bonds is 49. The third kappa shape index (κ3) is 47.5. The lowest BCUT2D eigenvalue weighted by molar-refractivity contribution is -0.167. The van der Waals surface area contributed by atoms with Crippen molar-refractivity contribution >= 4 is 17.9 Å². The number of hydrogen-bond donors (Lipinski definition) is 0. The van der Waals surface area contributed by atoms with Crippen LogP contribution in [0.3, 0.4) is 0 Å². The molecule has 0 aliphatic carbocycles. The van der Waals surface area contributed by atoms with Gasteiger partial charge in [0.25, 0.3) is 0 Å². The molecular weight excluding hydrogens is 745 g/mol. The van der Waals surface area contributed by atoms with Crippen LogP contribution >= 0.6 is 0 Å². The number of esters is 3. The van der Waals surface area contributed by atoms with Crippen molar-refractivity contribution in [3.63, 3.8) is 0 Å². The van der Waals surface area contributed by atoms with Crippen LogP contribution < -0.4 is 0 Å². The van der Waals surface area contributed by atoms with Crippen LogP contribution in [-0.4, -0.2) is 37.2 Å². The Kier molecular flexibility index (Phi) is 47.2. The highest BCUT2D eigenvalue weighted by Gasteiger charge is 2.19. The highest BCUT2D eigenvalue weighted by Crippen LogP contribution is 2.17. The van der Waals surface area contributed by atoms with Crippen molar-refractivity contribution in [2.75, 3.05) is 13.2 Å². The molecule has 0 aliphatic heterocycles. The Hall–Kier alpha value is -1.59. The second kappa shape index (κ2) is 48.4. The number of hydrogen-bond acceptors (Lipinski definition) is 6. The Morgan fingerprint density at radius 3 is 0.817 bits per heavy atom. The largest absolute Gasteiger partial charge is 0.462 e. The van der Waals surface area contributed by atoms with Gasteiger partial charge in [-0.05, 0) is 25.2 Å². The fourth-order valence-corrected chi connectivity index (χ4v) is 8.22. The topological polar surface area (TPSA) is 78.9 Å². The summed E-state index contributed by atoms with van der Waals surface area (Å²) < 4.78 is 16.8. The van der Waals surface area contributed by atoms with E-state index in [0.717, 1.165) is 63.7 Å². The van der Waals surface area contributed by atoms with Gasteiger partial charge in [-0.2, -0.15) is 0 Å². The number of ether oxygens (including phenoxy) is 3. The van der Waals surface area contributed by atoms with E-state index in [-0.39, 0.29) is 31.1 Å². The number of unbranched alkanes of at least 4 members (excludes halogenated alkanes) is 36. The molecule has 0 bridgehead atoms. The SMILES string of the molecule is CCCCCCCCCCCCCCCCCCCCC(=O)OC[C@H](COC(=O)CCCCCCCCCCCCCC(C)C)OC(=O)CCCCCCCCCCCC. The van der Waals surface area contributed by atoms with Crippen LogP contribution in [0, 0.1) is 5.92 Å². The van der Waals surface area contributed by atoms with Crippen LogP contribution in [0.5, 0.6) is 0 Å². The van der Waals surface area contributed by atoms with Gasteiger partial charge in [-0.1, -0.05) is 265 Å². The Labute approximate surface area is 374 Å². The van der Waals surface area contributed by atoms with Crippen molar-refractivity contribution in [2.24, 2.45) is 5.92 Å². The van der Waals surface area contributed by atoms with Crippen molar-refractivity contribution < 1.29 is 28.6 Å². The molecule has 0 aromatic heterocycles. The normalized spacial score (nSPS) is 11.9. The monoisotopic (exact) mass is 849 g/mol. The Balaban J connectivity index is 4.23. The van der Waals surface area contributed by atoms with Crippen LogP contribution in [-0.2, 0) is 28.6 Å². The van der Waals surface area contributed by atoms with Gasteiger partial charge >= 0.3 is 17.9 Å². The fourth-order valence-electron chi connectivity index (χ4n) is 8.22. The molecule has 6 heteroatoms. The molecule has 0 unspecified atom stereocenters. The van der Waals surface area contributed by atoms with Gasteiger partial charge < -0.3 is 14.2 Å². The van der Waals surface area contributed by atoms with Gasteiger partial charge in [0.15, 0.2) is 6.10 Å². The molecule has 0 saturated heterocycles. The van der Waals surface area contributed by atoms with Crippen molar-refractivity contribution in [2.45, 2.75) is 310 Å². The fraction of sp³-hybridized carbons (Fsp3) is 0.944. The summed E-state index contributed by atoms with van der Waals surface area (Å²) in [4.78, 5) is 37.9. The third-order valence-corrected chi connectivity index (χ3v) is 12.3. The average molecular weight is 849 g/mol. The summed E-state index contributed by atoms with van der Waals surface area (Å²) in [7, 11) is 0. The van der Waals surface area contributed by atoms with E-state index in [1.165, 1.54) is 199 Å². The second-order valence-electron chi connectivity index (χ2n) is 19.0. The number of carbonyl (C=O) groups is 3. The van der Waals surface area contributed by atoms with Gasteiger partial charge in [-0.3, -0.25) is 14.4 Å². The Morgan fingerprint density at radius 1 is 0.317 bits per heavy atom. The third-order valence-electron chi connectivity index (χ3n) is 12.3. The van der Waals surface area contributed by atoms with Crippen LogP contribution in [0.1, 0.15) is 304 Å². The van der Waals surface area contributed by atoms with E-state index in [4.69, 9.17) is 14.2 Å². The molecule has 0 N–H and O–H groups in total. The standard InChI is InChI=1S/C54H104O6/c1-5-7-9-11-13-15-17-18-19-20-21-22-23-26-30-33-37-41-45-52(55)58-48-51(60-54(57)47-43-39-35-29-16-14-12-10-8-6-2)49-59-53(56)46-42-38-34-31-27-24-25-28-32-36-40-44-50(3)4/h50-51H,5-49H2,1-4H3/t51-/m1/s1. The van der Waals surface area contributed by atoms with Crippen molar-refractivity contribution in [3.05, 3.63) is 0 Å². The molecule has 0 aromatic carbocycles. The van der Waals surface area contributed by atoms with E-state index in [1.54, 1.807) is 0 Å². The van der Waals surface area contributed by atoms with Gasteiger partial charge in [-0.25, -0.2) is 0 Å². The second-order valence-corrected chi connectivity index (χ2v) is 19.0. The average Bonchev–Trinajstić information content (AvgIpc) is 3.23. The summed E-state index contributed by atoms with van der Waals surface area (Å²) in [5.41, 5.74) is 0. The van der Waals surface area contributed by atoms with Crippen LogP contribution in [0.15, 0.2) is 0 Å². The lowest BCUT2D eigenvalue weighted by Gasteiger charge is -2.18. The van der Waals surface area contributed by atoms with E-state index in [1.807, 2.05) is 0 Å². The molecular formula is C54H104O6. The van der Waals surface area contributed by atoms with Gasteiger partial charge in [0.1, 0.15) is 13.2 Å². The predicted octanol–water partition coefficient (Wildman–Crippen LogP) is 17.5. The van der Waals surface area contributed by atoms with E-state index >= 15 is 0 Å². The lowest BCUT2D eigenvalue weighted by Crippen LogP contribution is -2.30. The highest BCUT2D eigenvalue weighted by atomic mass is 16.6. The molecule has 0 saturated carbocycles. The van der Waals surface area contributed by atoms with Crippen molar-refractivity contribution in [1.82, 2.24) is 0 Å². The quantitative estimate of drug-likeness (QED) is 0.0345. The van der Waals surface area contributed by atoms with Gasteiger partial charge in [0, 0.05) is 19.3 Å². The van der Waals surface area contributed by atoms with Crippen LogP contribution in [0.2, 0.25) is 0 Å². The molecule has 60 heavy (non-hydrogen) atoms. The highest BCUT2D eigenvalue weighted by molar-refractivity contribution is 5.71. The lowest BCUT2D eigenvalue weighted by atomic mass is 10.0. The summed E-state index contributed by atoms with van der Waals surface area (Å²) in [6, 6.07) is 0. The summed E-state index contributed by atoms with van der Waals surface area (Å²) in [5, 5.41) is 0. The van der Waals surface area contributed by atoms with Crippen LogP contribution in [0.25, 0.3) is 0 Å². The first kappa shape index (κ1) is 58.4. The molecule has 6 nitrogen and oxygen atoms in total. The first-order chi connectivity index (χ1) is 29.4. The zero-order valence-electron chi connectivity index (χ0n) is 40.9. The molecule has 0 radical (unpaired) electrons. The summed E-state index contributed by atoms with van der Waals surface area (Å²) in [6.45, 7) is 9.02. The van der Waals surface area contributed by atoms with Gasteiger partial charge in [0.05, 0.1) is 0 Å². The zero-order chi connectivity index (χ0) is 43.8. The zero-order valence-corrected chi connectivity index (χ0v) is 40.9. The van der Waals surface area contributed by atoms with Crippen LogP contribution in [0.4, 0.5) is 0 Å². The number of carbonyl (C=O) groups excluding carboxylic acids is 3. The van der Waals surface area contributed by atoms with Crippen molar-refractivity contribution in [1.29, 1.82) is 0 Å². The molecule has 0 spiro atoms. The first-order valence-corrected chi connectivity index (χ1v) is 26.9. The maximum atomic E-state index is 12.7. The molecule has 0 fully saturated rings. The minimum Gasteiger partial charge on any atom is -0.462 e. The maximum absolute atomic E-state index is 12.7. The Bertz CT molecular complexity index is 903. The minimum atomic E-state index is -0.760. The molecule has 1 atom stereocenters. The Morgan fingerprint density at radius 2 is 0.550 bits per heavy atom. The summed E-state index contributed by atoms with van der Waals surface area (Å²) >= 11 is 0. The molecule has 0 rings (SSSR count). The van der Waals surface area contributed by atoms with E-state index in [9.17, 15) is 14.4 Å². The molecule has 356 valence electrons.